The van der Waals surface area contributed by atoms with Gasteiger partial charge in [-0.05, 0) is 54.2 Å². The van der Waals surface area contributed by atoms with Crippen LogP contribution in [-0.2, 0) is 5.41 Å². The van der Waals surface area contributed by atoms with Gasteiger partial charge in [-0.3, -0.25) is 0 Å². The fraction of sp³-hybridized carbons (Fsp3) is 0.684. The number of fused-ring (bicyclic) bond motifs is 1. The minimum absolute atomic E-state index is 0.174. The summed E-state index contributed by atoms with van der Waals surface area (Å²) in [6, 6.07) is 9.05. The van der Waals surface area contributed by atoms with E-state index in [0.29, 0.717) is 6.04 Å². The van der Waals surface area contributed by atoms with Gasteiger partial charge in [-0.15, -0.1) is 0 Å². The molecule has 3 rings (SSSR count). The van der Waals surface area contributed by atoms with Gasteiger partial charge in [-0.25, -0.2) is 0 Å². The molecule has 21 heavy (non-hydrogen) atoms. The third-order valence-electron chi connectivity index (χ3n) is 5.52. The summed E-state index contributed by atoms with van der Waals surface area (Å²) in [7, 11) is 0. The largest absolute Gasteiger partial charge is 0.388 e. The predicted octanol–water partition coefficient (Wildman–Crippen LogP) is 3.80. The van der Waals surface area contributed by atoms with Crippen molar-refractivity contribution in [3.63, 3.8) is 0 Å². The quantitative estimate of drug-likeness (QED) is 0.886. The summed E-state index contributed by atoms with van der Waals surface area (Å²) in [4.78, 5) is 0. The van der Waals surface area contributed by atoms with Gasteiger partial charge in [0.2, 0.25) is 0 Å². The van der Waals surface area contributed by atoms with Crippen molar-refractivity contribution in [2.45, 2.75) is 64.0 Å². The van der Waals surface area contributed by atoms with E-state index in [-0.39, 0.29) is 11.5 Å². The van der Waals surface area contributed by atoms with Crippen LogP contribution in [0.3, 0.4) is 0 Å². The highest BCUT2D eigenvalue weighted by Crippen LogP contribution is 2.40. The van der Waals surface area contributed by atoms with E-state index in [1.807, 2.05) is 0 Å². The summed E-state index contributed by atoms with van der Waals surface area (Å²) >= 11 is 0. The van der Waals surface area contributed by atoms with Gasteiger partial charge in [0.15, 0.2) is 0 Å². The first kappa shape index (κ1) is 15.1. The van der Waals surface area contributed by atoms with Crippen molar-refractivity contribution in [2.75, 3.05) is 6.54 Å². The molecule has 2 fully saturated rings. The van der Waals surface area contributed by atoms with Gasteiger partial charge < -0.3 is 10.4 Å². The van der Waals surface area contributed by atoms with E-state index in [9.17, 15) is 5.11 Å². The molecule has 0 bridgehead atoms. The van der Waals surface area contributed by atoms with Crippen LogP contribution in [0.5, 0.6) is 0 Å². The van der Waals surface area contributed by atoms with Crippen molar-refractivity contribution in [3.8, 4) is 0 Å². The molecule has 4 unspecified atom stereocenters. The summed E-state index contributed by atoms with van der Waals surface area (Å²) in [5, 5.41) is 14.2. The van der Waals surface area contributed by atoms with Gasteiger partial charge in [0, 0.05) is 6.04 Å². The molecular formula is C19H29NO. The van der Waals surface area contributed by atoms with Crippen LogP contribution in [0.1, 0.15) is 63.7 Å². The van der Waals surface area contributed by atoms with Crippen LogP contribution in [0.4, 0.5) is 0 Å². The molecule has 2 nitrogen and oxygen atoms in total. The minimum atomic E-state index is -0.337. The maximum atomic E-state index is 10.6. The monoisotopic (exact) mass is 287 g/mol. The van der Waals surface area contributed by atoms with Crippen LogP contribution in [-0.4, -0.2) is 17.7 Å². The zero-order chi connectivity index (χ0) is 15.0. The Morgan fingerprint density at radius 2 is 1.90 bits per heavy atom. The zero-order valence-corrected chi connectivity index (χ0v) is 13.6. The lowest BCUT2D eigenvalue weighted by Crippen LogP contribution is -2.28. The van der Waals surface area contributed by atoms with Crippen LogP contribution in [0.25, 0.3) is 0 Å². The van der Waals surface area contributed by atoms with E-state index >= 15 is 0 Å². The third kappa shape index (κ3) is 3.17. The fourth-order valence-electron chi connectivity index (χ4n) is 4.14. The average molecular weight is 287 g/mol. The van der Waals surface area contributed by atoms with Crippen molar-refractivity contribution in [1.29, 1.82) is 0 Å². The Kier molecular flexibility index (Phi) is 4.11. The molecule has 1 aromatic carbocycles. The van der Waals surface area contributed by atoms with Crippen LogP contribution < -0.4 is 5.32 Å². The van der Waals surface area contributed by atoms with E-state index in [1.165, 1.54) is 24.8 Å². The van der Waals surface area contributed by atoms with Gasteiger partial charge >= 0.3 is 0 Å². The summed E-state index contributed by atoms with van der Waals surface area (Å²) < 4.78 is 0. The highest BCUT2D eigenvalue weighted by molar-refractivity contribution is 5.28. The van der Waals surface area contributed by atoms with Crippen molar-refractivity contribution < 1.29 is 5.11 Å². The lowest BCUT2D eigenvalue weighted by atomic mass is 9.85. The zero-order valence-electron chi connectivity index (χ0n) is 13.6. The Labute approximate surface area is 129 Å². The minimum Gasteiger partial charge on any atom is -0.388 e. The highest BCUT2D eigenvalue weighted by atomic mass is 16.3. The van der Waals surface area contributed by atoms with Crippen LogP contribution in [0, 0.1) is 11.8 Å². The summed E-state index contributed by atoms with van der Waals surface area (Å²) in [6.45, 7) is 7.83. The van der Waals surface area contributed by atoms with E-state index in [1.54, 1.807) is 0 Å². The molecule has 1 saturated carbocycles. The Morgan fingerprint density at radius 3 is 2.57 bits per heavy atom. The van der Waals surface area contributed by atoms with Gasteiger partial charge in [0.25, 0.3) is 0 Å². The summed E-state index contributed by atoms with van der Waals surface area (Å²) in [6.07, 6.45) is 4.62. The second kappa shape index (κ2) is 5.73. The molecule has 4 atom stereocenters. The third-order valence-corrected chi connectivity index (χ3v) is 5.52. The molecule has 2 N–H and O–H groups in total. The number of aliphatic hydroxyl groups excluding tert-OH is 1. The molecule has 2 aliphatic rings. The first-order valence-corrected chi connectivity index (χ1v) is 8.47. The molecule has 0 aromatic heterocycles. The number of hydrogen-bond donors (Lipinski definition) is 2. The fourth-order valence-corrected chi connectivity index (χ4v) is 4.14. The number of benzene rings is 1. The number of rotatable bonds is 3. The number of nitrogens with one attached hydrogen (secondary N) is 1. The molecule has 1 aliphatic heterocycles. The SMILES string of the molecule is CC(C)(C)c1ccc(C(O)CC2NCC3CCCC32)cc1. The summed E-state index contributed by atoms with van der Waals surface area (Å²) in [5.41, 5.74) is 2.56. The smallest absolute Gasteiger partial charge is 0.0805 e. The Balaban J connectivity index is 1.64. The van der Waals surface area contributed by atoms with Crippen LogP contribution >= 0.6 is 0 Å². The standard InChI is InChI=1S/C19H29NO/c1-19(2,3)15-9-7-13(8-10-15)18(21)11-17-16-6-4-5-14(16)12-20-17/h7-10,14,16-18,20-21H,4-6,11-12H2,1-3H3. The highest BCUT2D eigenvalue weighted by Gasteiger charge is 2.39. The van der Waals surface area contributed by atoms with Gasteiger partial charge in [-0.1, -0.05) is 51.5 Å². The van der Waals surface area contributed by atoms with E-state index < -0.39 is 0 Å². The number of hydrogen-bond acceptors (Lipinski definition) is 2. The maximum absolute atomic E-state index is 10.6. The first-order chi connectivity index (χ1) is 9.95. The van der Waals surface area contributed by atoms with E-state index in [2.05, 4.69) is 50.4 Å². The van der Waals surface area contributed by atoms with Gasteiger partial charge in [-0.2, -0.15) is 0 Å². The van der Waals surface area contributed by atoms with Crippen molar-refractivity contribution >= 4 is 0 Å². The van der Waals surface area contributed by atoms with Crippen molar-refractivity contribution in [1.82, 2.24) is 5.32 Å². The molecule has 0 radical (unpaired) electrons. The maximum Gasteiger partial charge on any atom is 0.0805 e. The number of aliphatic hydroxyl groups is 1. The molecule has 1 saturated heterocycles. The molecule has 0 amide bonds. The normalized spacial score (nSPS) is 30.4. The topological polar surface area (TPSA) is 32.3 Å². The second-order valence-corrected chi connectivity index (χ2v) is 7.99. The van der Waals surface area contributed by atoms with E-state index in [4.69, 9.17) is 0 Å². The van der Waals surface area contributed by atoms with Gasteiger partial charge in [0.1, 0.15) is 0 Å². The Bertz CT molecular complexity index is 473. The predicted molar refractivity (Wildman–Crippen MR) is 87.3 cm³/mol. The van der Waals surface area contributed by atoms with Crippen LogP contribution in [0.15, 0.2) is 24.3 Å². The summed E-state index contributed by atoms with van der Waals surface area (Å²) in [5.74, 6) is 1.67. The average Bonchev–Trinajstić information content (AvgIpc) is 3.03. The second-order valence-electron chi connectivity index (χ2n) is 7.99. The van der Waals surface area contributed by atoms with Crippen LogP contribution in [0.2, 0.25) is 0 Å². The van der Waals surface area contributed by atoms with Gasteiger partial charge in [0.05, 0.1) is 6.10 Å². The molecule has 1 heterocycles. The van der Waals surface area contributed by atoms with E-state index in [0.717, 1.165) is 30.4 Å². The molecule has 2 heteroatoms. The molecule has 116 valence electrons. The Morgan fingerprint density at radius 1 is 1.19 bits per heavy atom. The Hall–Kier alpha value is -0.860. The lowest BCUT2D eigenvalue weighted by Gasteiger charge is -2.23. The first-order valence-electron chi connectivity index (χ1n) is 8.47. The molecule has 1 aromatic rings. The lowest BCUT2D eigenvalue weighted by molar-refractivity contribution is 0.145. The van der Waals surface area contributed by atoms with Crippen molar-refractivity contribution in [2.24, 2.45) is 11.8 Å². The van der Waals surface area contributed by atoms with Crippen molar-refractivity contribution in [3.05, 3.63) is 35.4 Å². The molecule has 1 aliphatic carbocycles. The molecule has 0 spiro atoms. The molecular weight excluding hydrogens is 258 g/mol.